The Labute approximate surface area is 163 Å². The summed E-state index contributed by atoms with van der Waals surface area (Å²) >= 11 is 1.39. The van der Waals surface area contributed by atoms with Crippen LogP contribution in [0.15, 0.2) is 29.4 Å². The molecule has 1 saturated heterocycles. The number of ketones is 1. The summed E-state index contributed by atoms with van der Waals surface area (Å²) < 4.78 is 20.6. The second kappa shape index (κ2) is 8.84. The highest BCUT2D eigenvalue weighted by atomic mass is 32.2. The number of benzene rings is 1. The number of ether oxygens (including phenoxy) is 1. The van der Waals surface area contributed by atoms with E-state index in [1.807, 2.05) is 6.92 Å². The summed E-state index contributed by atoms with van der Waals surface area (Å²) in [6, 6.07) is 5.66. The summed E-state index contributed by atoms with van der Waals surface area (Å²) in [5, 5.41) is 9.13. The number of hydrogen-bond acceptors (Lipinski definition) is 6. The number of morpholine rings is 1. The molecule has 2 aromatic rings. The minimum absolute atomic E-state index is 0.0491. The molecule has 2 heterocycles. The molecule has 1 aromatic carbocycles. The molecule has 0 bridgehead atoms. The van der Waals surface area contributed by atoms with Gasteiger partial charge in [-0.2, -0.15) is 0 Å². The normalized spacial score (nSPS) is 16.0. The molecule has 1 aliphatic heterocycles. The van der Waals surface area contributed by atoms with Crippen molar-refractivity contribution in [3.05, 3.63) is 35.6 Å². The second-order valence-corrected chi connectivity index (χ2v) is 8.33. The van der Waals surface area contributed by atoms with Crippen molar-refractivity contribution in [2.24, 2.45) is 5.92 Å². The van der Waals surface area contributed by atoms with Crippen LogP contribution < -0.4 is 4.90 Å². The summed E-state index contributed by atoms with van der Waals surface area (Å²) in [7, 11) is 0. The van der Waals surface area contributed by atoms with Crippen LogP contribution in [-0.2, 0) is 11.3 Å². The molecular weight excluding hydrogens is 367 g/mol. The fourth-order valence-corrected chi connectivity index (χ4v) is 3.88. The van der Waals surface area contributed by atoms with Gasteiger partial charge in [-0.15, -0.1) is 10.2 Å². The van der Waals surface area contributed by atoms with E-state index in [-0.39, 0.29) is 16.9 Å². The lowest BCUT2D eigenvalue weighted by atomic mass is 10.1. The molecular formula is C19H25FN4O2S. The number of halogens is 1. The fraction of sp³-hybridized carbons (Fsp3) is 0.526. The van der Waals surface area contributed by atoms with Crippen LogP contribution in [0.4, 0.5) is 10.3 Å². The number of nitrogens with zero attached hydrogens (tertiary/aromatic N) is 4. The van der Waals surface area contributed by atoms with E-state index in [0.717, 1.165) is 30.7 Å². The van der Waals surface area contributed by atoms with Crippen LogP contribution in [-0.4, -0.2) is 52.1 Å². The molecule has 1 atom stereocenters. The summed E-state index contributed by atoms with van der Waals surface area (Å²) in [4.78, 5) is 14.9. The zero-order valence-corrected chi connectivity index (χ0v) is 16.7. The van der Waals surface area contributed by atoms with Crippen molar-refractivity contribution in [2.75, 3.05) is 31.2 Å². The number of thioether (sulfide) groups is 1. The second-order valence-electron chi connectivity index (χ2n) is 7.02. The SMILES string of the molecule is CC(C)Cn1c(S[C@H](C)C(=O)c2ccc(F)cc2)nnc1N1CCOCC1. The third-order valence-corrected chi connectivity index (χ3v) is 5.40. The van der Waals surface area contributed by atoms with Gasteiger partial charge < -0.3 is 9.64 Å². The Morgan fingerprint density at radius 2 is 1.85 bits per heavy atom. The Bertz CT molecular complexity index is 773. The molecule has 6 nitrogen and oxygen atoms in total. The molecule has 3 rings (SSSR count). The maximum atomic E-state index is 13.1. The van der Waals surface area contributed by atoms with Crippen LogP contribution in [0.2, 0.25) is 0 Å². The van der Waals surface area contributed by atoms with E-state index < -0.39 is 0 Å². The topological polar surface area (TPSA) is 60.2 Å². The quantitative estimate of drug-likeness (QED) is 0.532. The number of rotatable bonds is 7. The summed E-state index contributed by atoms with van der Waals surface area (Å²) in [6.45, 7) is 9.83. The number of aromatic nitrogens is 3. The van der Waals surface area contributed by atoms with Crippen LogP contribution in [0.1, 0.15) is 31.1 Å². The Hall–Kier alpha value is -1.93. The zero-order chi connectivity index (χ0) is 19.4. The van der Waals surface area contributed by atoms with Crippen LogP contribution >= 0.6 is 11.8 Å². The van der Waals surface area contributed by atoms with Crippen molar-refractivity contribution in [2.45, 2.75) is 37.7 Å². The molecule has 0 amide bonds. The van der Waals surface area contributed by atoms with Crippen LogP contribution in [0.5, 0.6) is 0 Å². The summed E-state index contributed by atoms with van der Waals surface area (Å²) in [6.07, 6.45) is 0. The largest absolute Gasteiger partial charge is 0.378 e. The first-order valence-electron chi connectivity index (χ1n) is 9.18. The van der Waals surface area contributed by atoms with Crippen molar-refractivity contribution in [3.63, 3.8) is 0 Å². The first-order chi connectivity index (χ1) is 13.0. The van der Waals surface area contributed by atoms with E-state index >= 15 is 0 Å². The van der Waals surface area contributed by atoms with Gasteiger partial charge >= 0.3 is 0 Å². The summed E-state index contributed by atoms with van der Waals surface area (Å²) in [5.74, 6) is 0.852. The van der Waals surface area contributed by atoms with E-state index in [4.69, 9.17) is 4.74 Å². The number of anilines is 1. The lowest BCUT2D eigenvalue weighted by molar-refractivity contribution is 0.0994. The van der Waals surface area contributed by atoms with Gasteiger partial charge in [0.25, 0.3) is 0 Å². The molecule has 1 fully saturated rings. The minimum atomic E-state index is -0.348. The molecule has 8 heteroatoms. The standard InChI is InChI=1S/C19H25FN4O2S/c1-13(2)12-24-18(23-8-10-26-11-9-23)21-22-19(24)27-14(3)17(25)15-4-6-16(20)7-5-15/h4-7,13-14H,8-12H2,1-3H3/t14-/m1/s1. The molecule has 146 valence electrons. The van der Waals surface area contributed by atoms with Crippen molar-refractivity contribution < 1.29 is 13.9 Å². The maximum Gasteiger partial charge on any atom is 0.228 e. The average molecular weight is 393 g/mol. The average Bonchev–Trinajstić information content (AvgIpc) is 3.04. The monoisotopic (exact) mass is 392 g/mol. The smallest absolute Gasteiger partial charge is 0.228 e. The van der Waals surface area contributed by atoms with E-state index in [2.05, 4.69) is 33.5 Å². The zero-order valence-electron chi connectivity index (χ0n) is 15.9. The van der Waals surface area contributed by atoms with Crippen molar-refractivity contribution >= 4 is 23.5 Å². The highest BCUT2D eigenvalue weighted by molar-refractivity contribution is 8.00. The molecule has 0 spiro atoms. The van der Waals surface area contributed by atoms with Gasteiger partial charge in [0.2, 0.25) is 5.95 Å². The van der Waals surface area contributed by atoms with Crippen molar-refractivity contribution in [1.82, 2.24) is 14.8 Å². The van der Waals surface area contributed by atoms with Gasteiger partial charge in [0, 0.05) is 25.2 Å². The molecule has 0 N–H and O–H groups in total. The first kappa shape index (κ1) is 19.8. The van der Waals surface area contributed by atoms with Gasteiger partial charge in [0.1, 0.15) is 5.82 Å². The van der Waals surface area contributed by atoms with Gasteiger partial charge in [0.15, 0.2) is 10.9 Å². The van der Waals surface area contributed by atoms with Gasteiger partial charge in [-0.05, 0) is 37.1 Å². The van der Waals surface area contributed by atoms with Gasteiger partial charge in [-0.3, -0.25) is 9.36 Å². The van der Waals surface area contributed by atoms with Gasteiger partial charge in [-0.25, -0.2) is 4.39 Å². The highest BCUT2D eigenvalue weighted by Gasteiger charge is 2.24. The van der Waals surface area contributed by atoms with Gasteiger partial charge in [-0.1, -0.05) is 25.6 Å². The number of hydrogen-bond donors (Lipinski definition) is 0. The highest BCUT2D eigenvalue weighted by Crippen LogP contribution is 2.28. The van der Waals surface area contributed by atoms with Crippen molar-refractivity contribution in [3.8, 4) is 0 Å². The van der Waals surface area contributed by atoms with E-state index in [1.54, 1.807) is 0 Å². The Morgan fingerprint density at radius 3 is 2.48 bits per heavy atom. The Morgan fingerprint density at radius 1 is 1.19 bits per heavy atom. The lowest BCUT2D eigenvalue weighted by Gasteiger charge is -2.28. The molecule has 0 saturated carbocycles. The predicted octanol–water partition coefficient (Wildman–Crippen LogP) is 3.27. The molecule has 0 radical (unpaired) electrons. The van der Waals surface area contributed by atoms with Gasteiger partial charge in [0.05, 0.1) is 18.5 Å². The van der Waals surface area contributed by atoms with E-state index in [9.17, 15) is 9.18 Å². The molecule has 0 aliphatic carbocycles. The first-order valence-corrected chi connectivity index (χ1v) is 10.1. The maximum absolute atomic E-state index is 13.1. The Kier molecular flexibility index (Phi) is 6.49. The fourth-order valence-electron chi connectivity index (χ4n) is 2.95. The van der Waals surface area contributed by atoms with Crippen LogP contribution in [0.25, 0.3) is 0 Å². The third kappa shape index (κ3) is 4.87. The summed E-state index contributed by atoms with van der Waals surface area (Å²) in [5.41, 5.74) is 0.500. The Balaban J connectivity index is 1.79. The van der Waals surface area contributed by atoms with Crippen LogP contribution in [0, 0.1) is 11.7 Å². The minimum Gasteiger partial charge on any atom is -0.378 e. The predicted molar refractivity (Wildman–Crippen MR) is 104 cm³/mol. The number of carbonyl (C=O) groups excluding carboxylic acids is 1. The molecule has 1 aromatic heterocycles. The van der Waals surface area contributed by atoms with E-state index in [1.165, 1.54) is 36.0 Å². The number of carbonyl (C=O) groups is 1. The van der Waals surface area contributed by atoms with E-state index in [0.29, 0.717) is 24.7 Å². The molecule has 1 aliphatic rings. The number of Topliss-reactive ketones (excluding diaryl/α,β-unsaturated/α-hetero) is 1. The van der Waals surface area contributed by atoms with Crippen molar-refractivity contribution in [1.29, 1.82) is 0 Å². The van der Waals surface area contributed by atoms with Crippen LogP contribution in [0.3, 0.4) is 0 Å². The lowest BCUT2D eigenvalue weighted by Crippen LogP contribution is -2.38. The molecule has 27 heavy (non-hydrogen) atoms. The third-order valence-electron chi connectivity index (χ3n) is 4.32. The molecule has 0 unspecified atom stereocenters.